The molecule has 0 N–H and O–H groups in total. The highest BCUT2D eigenvalue weighted by molar-refractivity contribution is 9.10. The van der Waals surface area contributed by atoms with Gasteiger partial charge in [0.25, 0.3) is 5.91 Å². The maximum absolute atomic E-state index is 12.3. The zero-order chi connectivity index (χ0) is 16.3. The van der Waals surface area contributed by atoms with Crippen molar-refractivity contribution in [3.8, 4) is 5.75 Å². The van der Waals surface area contributed by atoms with Crippen LogP contribution in [0.2, 0.25) is 0 Å². The van der Waals surface area contributed by atoms with E-state index in [4.69, 9.17) is 9.47 Å². The Morgan fingerprint density at radius 3 is 2.55 bits per heavy atom. The molecule has 0 spiro atoms. The molecule has 5 heteroatoms. The smallest absolute Gasteiger partial charge is 0.260 e. The Kier molecular flexibility index (Phi) is 5.87. The van der Waals surface area contributed by atoms with E-state index in [1.807, 2.05) is 36.9 Å². The third-order valence-corrected chi connectivity index (χ3v) is 4.37. The summed E-state index contributed by atoms with van der Waals surface area (Å²) in [5, 5.41) is 0. The van der Waals surface area contributed by atoms with Crippen LogP contribution in [0.15, 0.2) is 22.7 Å². The normalized spacial score (nSPS) is 22.0. The third-order valence-electron chi connectivity index (χ3n) is 3.75. The first kappa shape index (κ1) is 17.3. The van der Waals surface area contributed by atoms with Crippen molar-refractivity contribution >= 4 is 21.8 Å². The molecule has 1 aromatic rings. The molecule has 0 aromatic heterocycles. The number of ether oxygens (including phenoxy) is 2. The Bertz CT molecular complexity index is 523. The number of rotatable bonds is 4. The monoisotopic (exact) mass is 369 g/mol. The van der Waals surface area contributed by atoms with Crippen LogP contribution in [0.5, 0.6) is 5.75 Å². The molecule has 1 saturated heterocycles. The second-order valence-corrected chi connectivity index (χ2v) is 7.04. The van der Waals surface area contributed by atoms with E-state index in [1.165, 1.54) is 5.56 Å². The molecule has 0 bridgehead atoms. The summed E-state index contributed by atoms with van der Waals surface area (Å²) in [6.07, 6.45) is 0.148. The molecule has 1 aliphatic heterocycles. The summed E-state index contributed by atoms with van der Waals surface area (Å²) in [5.74, 6) is 1.16. The van der Waals surface area contributed by atoms with Crippen LogP contribution in [0.4, 0.5) is 0 Å². The standard InChI is InChI=1S/C17H24BrNO3/c1-11(2)14-5-6-16(15(18)7-14)21-10-17(20)19-8-12(3)22-13(4)9-19/h5-7,11-13H,8-10H2,1-4H3/t12-,13-/m0/s1. The average Bonchev–Trinajstić information content (AvgIpc) is 2.44. The van der Waals surface area contributed by atoms with Gasteiger partial charge in [-0.3, -0.25) is 4.79 Å². The van der Waals surface area contributed by atoms with Gasteiger partial charge in [-0.2, -0.15) is 0 Å². The fourth-order valence-electron chi connectivity index (χ4n) is 2.61. The molecule has 122 valence electrons. The minimum Gasteiger partial charge on any atom is -0.483 e. The number of hydrogen-bond donors (Lipinski definition) is 0. The molecule has 4 nitrogen and oxygen atoms in total. The van der Waals surface area contributed by atoms with Crippen LogP contribution >= 0.6 is 15.9 Å². The van der Waals surface area contributed by atoms with E-state index < -0.39 is 0 Å². The number of morpholine rings is 1. The van der Waals surface area contributed by atoms with Gasteiger partial charge in [0.05, 0.1) is 16.7 Å². The highest BCUT2D eigenvalue weighted by Gasteiger charge is 2.26. The van der Waals surface area contributed by atoms with E-state index in [0.717, 1.165) is 4.47 Å². The van der Waals surface area contributed by atoms with Crippen molar-refractivity contribution in [3.63, 3.8) is 0 Å². The van der Waals surface area contributed by atoms with Gasteiger partial charge in [0.1, 0.15) is 5.75 Å². The molecule has 2 rings (SSSR count). The molecule has 0 saturated carbocycles. The van der Waals surface area contributed by atoms with E-state index in [0.29, 0.717) is 24.8 Å². The van der Waals surface area contributed by atoms with Crippen LogP contribution in [0.3, 0.4) is 0 Å². The van der Waals surface area contributed by atoms with Crippen LogP contribution in [-0.2, 0) is 9.53 Å². The van der Waals surface area contributed by atoms with Crippen LogP contribution in [0, 0.1) is 0 Å². The Hall–Kier alpha value is -1.07. The average molecular weight is 370 g/mol. The number of nitrogens with zero attached hydrogens (tertiary/aromatic N) is 1. The maximum atomic E-state index is 12.3. The molecule has 1 amide bonds. The first-order valence-corrected chi connectivity index (χ1v) is 8.51. The largest absolute Gasteiger partial charge is 0.483 e. The maximum Gasteiger partial charge on any atom is 0.260 e. The molecule has 0 aliphatic carbocycles. The van der Waals surface area contributed by atoms with E-state index in [9.17, 15) is 4.79 Å². The number of carbonyl (C=O) groups is 1. The van der Waals surface area contributed by atoms with Gasteiger partial charge in [-0.25, -0.2) is 0 Å². The zero-order valence-corrected chi connectivity index (χ0v) is 15.2. The minimum atomic E-state index is 0.00170. The van der Waals surface area contributed by atoms with Crippen molar-refractivity contribution in [2.45, 2.75) is 45.8 Å². The Morgan fingerprint density at radius 2 is 2.00 bits per heavy atom. The summed E-state index contributed by atoms with van der Waals surface area (Å²) in [7, 11) is 0. The molecule has 0 unspecified atom stereocenters. The molecule has 1 aromatic carbocycles. The Labute approximate surface area is 140 Å². The van der Waals surface area contributed by atoms with E-state index >= 15 is 0 Å². The van der Waals surface area contributed by atoms with E-state index in [1.54, 1.807) is 0 Å². The van der Waals surface area contributed by atoms with Gasteiger partial charge in [0.2, 0.25) is 0 Å². The van der Waals surface area contributed by atoms with Crippen LogP contribution < -0.4 is 4.74 Å². The number of carbonyl (C=O) groups excluding carboxylic acids is 1. The van der Waals surface area contributed by atoms with Gasteiger partial charge < -0.3 is 14.4 Å². The van der Waals surface area contributed by atoms with Crippen molar-refractivity contribution < 1.29 is 14.3 Å². The molecule has 0 radical (unpaired) electrons. The summed E-state index contributed by atoms with van der Waals surface area (Å²) in [6, 6.07) is 5.99. The van der Waals surface area contributed by atoms with Gasteiger partial charge in [-0.15, -0.1) is 0 Å². The SMILES string of the molecule is CC(C)c1ccc(OCC(=O)N2C[C@H](C)O[C@@H](C)C2)c(Br)c1. The predicted octanol–water partition coefficient (Wildman–Crippen LogP) is 3.59. The summed E-state index contributed by atoms with van der Waals surface area (Å²) >= 11 is 3.51. The molecular weight excluding hydrogens is 346 g/mol. The highest BCUT2D eigenvalue weighted by Crippen LogP contribution is 2.29. The number of benzene rings is 1. The van der Waals surface area contributed by atoms with Crippen LogP contribution in [0.1, 0.15) is 39.2 Å². The lowest BCUT2D eigenvalue weighted by Gasteiger charge is -2.35. The van der Waals surface area contributed by atoms with Crippen molar-refractivity contribution in [2.75, 3.05) is 19.7 Å². The molecule has 22 heavy (non-hydrogen) atoms. The predicted molar refractivity (Wildman–Crippen MR) is 90.3 cm³/mol. The summed E-state index contributed by atoms with van der Waals surface area (Å²) in [4.78, 5) is 14.1. The van der Waals surface area contributed by atoms with E-state index in [-0.39, 0.29) is 24.7 Å². The Balaban J connectivity index is 1.93. The molecule has 1 heterocycles. The summed E-state index contributed by atoms with van der Waals surface area (Å²) in [5.41, 5.74) is 1.24. The van der Waals surface area contributed by atoms with E-state index in [2.05, 4.69) is 29.8 Å². The van der Waals surface area contributed by atoms with Gasteiger partial charge in [-0.05, 0) is 53.4 Å². The van der Waals surface area contributed by atoms with Crippen LogP contribution in [0.25, 0.3) is 0 Å². The van der Waals surface area contributed by atoms with Gasteiger partial charge >= 0.3 is 0 Å². The van der Waals surface area contributed by atoms with Crippen LogP contribution in [-0.4, -0.2) is 42.7 Å². The Morgan fingerprint density at radius 1 is 1.36 bits per heavy atom. The lowest BCUT2D eigenvalue weighted by atomic mass is 10.0. The van der Waals surface area contributed by atoms with Crippen molar-refractivity contribution in [1.82, 2.24) is 4.90 Å². The topological polar surface area (TPSA) is 38.8 Å². The third kappa shape index (κ3) is 4.46. The number of amides is 1. The zero-order valence-electron chi connectivity index (χ0n) is 13.6. The van der Waals surface area contributed by atoms with Crippen molar-refractivity contribution in [2.24, 2.45) is 0 Å². The molecule has 1 fully saturated rings. The molecule has 2 atom stereocenters. The lowest BCUT2D eigenvalue weighted by molar-refractivity contribution is -0.145. The second-order valence-electron chi connectivity index (χ2n) is 6.19. The van der Waals surface area contributed by atoms with Crippen molar-refractivity contribution in [3.05, 3.63) is 28.2 Å². The molecule has 1 aliphatic rings. The summed E-state index contributed by atoms with van der Waals surface area (Å²) < 4.78 is 12.2. The lowest BCUT2D eigenvalue weighted by Crippen LogP contribution is -2.49. The highest BCUT2D eigenvalue weighted by atomic mass is 79.9. The minimum absolute atomic E-state index is 0.00170. The van der Waals surface area contributed by atoms with Gasteiger partial charge in [0, 0.05) is 13.1 Å². The fourth-order valence-corrected chi connectivity index (χ4v) is 3.12. The van der Waals surface area contributed by atoms with Gasteiger partial charge in [0.15, 0.2) is 6.61 Å². The summed E-state index contributed by atoms with van der Waals surface area (Å²) in [6.45, 7) is 9.56. The van der Waals surface area contributed by atoms with Gasteiger partial charge in [-0.1, -0.05) is 19.9 Å². The number of hydrogen-bond acceptors (Lipinski definition) is 3. The first-order valence-electron chi connectivity index (χ1n) is 7.72. The second kappa shape index (κ2) is 7.47. The first-order chi connectivity index (χ1) is 10.4. The quantitative estimate of drug-likeness (QED) is 0.813. The number of halogens is 1. The van der Waals surface area contributed by atoms with Crippen molar-refractivity contribution in [1.29, 1.82) is 0 Å². The molecular formula is C17H24BrNO3. The fraction of sp³-hybridized carbons (Fsp3) is 0.588.